The van der Waals surface area contributed by atoms with Gasteiger partial charge >= 0.3 is 12.0 Å². The van der Waals surface area contributed by atoms with Gasteiger partial charge in [0.2, 0.25) is 0 Å². The van der Waals surface area contributed by atoms with Crippen LogP contribution in [0.1, 0.15) is 13.3 Å². The number of aliphatic carboxylic acids is 1. The van der Waals surface area contributed by atoms with E-state index in [0.29, 0.717) is 12.2 Å². The molecule has 0 aliphatic rings. The van der Waals surface area contributed by atoms with E-state index in [-0.39, 0.29) is 18.1 Å². The van der Waals surface area contributed by atoms with E-state index >= 15 is 0 Å². The summed E-state index contributed by atoms with van der Waals surface area (Å²) in [6.07, 6.45) is 2.16. The van der Waals surface area contributed by atoms with E-state index in [0.717, 1.165) is 0 Å². The normalized spacial score (nSPS) is 12.7. The molecule has 19 heavy (non-hydrogen) atoms. The lowest BCUT2D eigenvalue weighted by atomic mass is 10.2. The number of hydrogen-bond donors (Lipinski definition) is 3. The number of carboxylic acids is 1. The lowest BCUT2D eigenvalue weighted by molar-refractivity contribution is -0.139. The molecule has 0 aromatic carbocycles. The third-order valence-electron chi connectivity index (χ3n) is 2.35. The van der Waals surface area contributed by atoms with Gasteiger partial charge in [-0.2, -0.15) is 11.8 Å². The lowest BCUT2D eigenvalue weighted by Crippen LogP contribution is -2.47. The van der Waals surface area contributed by atoms with Gasteiger partial charge in [0.1, 0.15) is 6.04 Å². The molecule has 0 rings (SSSR count). The van der Waals surface area contributed by atoms with Crippen molar-refractivity contribution in [3.63, 3.8) is 0 Å². The van der Waals surface area contributed by atoms with Crippen molar-refractivity contribution in [2.24, 2.45) is 0 Å². The molecular weight excluding hydrogens is 292 g/mol. The molecule has 0 radical (unpaired) electrons. The molecule has 7 nitrogen and oxygen atoms in total. The topological polar surface area (TPSA) is 113 Å². The Balaban J connectivity index is 4.10. The van der Waals surface area contributed by atoms with Gasteiger partial charge < -0.3 is 15.7 Å². The van der Waals surface area contributed by atoms with Crippen molar-refractivity contribution in [1.29, 1.82) is 0 Å². The Morgan fingerprint density at radius 1 is 1.37 bits per heavy atom. The molecule has 0 saturated heterocycles. The number of carbonyl (C=O) groups is 2. The molecule has 1 atom stereocenters. The predicted molar refractivity (Wildman–Crippen MR) is 75.3 cm³/mol. The van der Waals surface area contributed by atoms with Crippen LogP contribution in [0.2, 0.25) is 0 Å². The van der Waals surface area contributed by atoms with E-state index in [2.05, 4.69) is 10.6 Å². The summed E-state index contributed by atoms with van der Waals surface area (Å²) in [7, 11) is -3.14. The average molecular weight is 312 g/mol. The molecule has 0 saturated carbocycles. The lowest BCUT2D eigenvalue weighted by Gasteiger charge is -2.14. The summed E-state index contributed by atoms with van der Waals surface area (Å²) in [6, 6.07) is -1.63. The van der Waals surface area contributed by atoms with Gasteiger partial charge in [-0.05, 0) is 18.4 Å². The van der Waals surface area contributed by atoms with Crippen molar-refractivity contribution in [2.45, 2.75) is 19.4 Å². The highest BCUT2D eigenvalue weighted by molar-refractivity contribution is 7.98. The molecule has 0 spiro atoms. The Labute approximate surface area is 117 Å². The van der Waals surface area contributed by atoms with Gasteiger partial charge in [0, 0.05) is 12.3 Å². The summed E-state index contributed by atoms with van der Waals surface area (Å²) < 4.78 is 22.4. The van der Waals surface area contributed by atoms with Gasteiger partial charge in [0.25, 0.3) is 0 Å². The zero-order valence-corrected chi connectivity index (χ0v) is 12.6. The first kappa shape index (κ1) is 18.0. The summed E-state index contributed by atoms with van der Waals surface area (Å²) in [5.74, 6) is -0.631. The molecule has 0 fully saturated rings. The van der Waals surface area contributed by atoms with E-state index in [1.807, 2.05) is 6.26 Å². The predicted octanol–water partition coefficient (Wildman–Crippen LogP) is -0.0734. The van der Waals surface area contributed by atoms with Crippen LogP contribution < -0.4 is 10.6 Å². The van der Waals surface area contributed by atoms with Crippen LogP contribution in [0.3, 0.4) is 0 Å². The second-order valence-electron chi connectivity index (χ2n) is 3.81. The van der Waals surface area contributed by atoms with E-state index in [9.17, 15) is 18.0 Å². The second-order valence-corrected chi connectivity index (χ2v) is 7.27. The maximum atomic E-state index is 11.4. The summed E-state index contributed by atoms with van der Waals surface area (Å²) in [5, 5.41) is 13.5. The number of hydrogen-bond acceptors (Lipinski definition) is 5. The molecule has 0 heterocycles. The van der Waals surface area contributed by atoms with E-state index in [1.165, 1.54) is 18.7 Å². The molecule has 9 heteroatoms. The number of amides is 2. The number of carboxylic acid groups (broad SMARTS) is 1. The quantitative estimate of drug-likeness (QED) is 0.549. The minimum absolute atomic E-state index is 0.0156. The number of thioether (sulfide) groups is 1. The third-order valence-corrected chi connectivity index (χ3v) is 4.70. The largest absolute Gasteiger partial charge is 0.480 e. The Kier molecular flexibility index (Phi) is 8.57. The van der Waals surface area contributed by atoms with Crippen LogP contribution in [0.4, 0.5) is 4.79 Å². The standard InChI is InChI=1S/C10H20N2O5S2/c1-3-19(16,17)7-5-11-10(15)12-8(9(13)14)4-6-18-2/h8H,3-7H2,1-2H3,(H,13,14)(H2,11,12,15). The fourth-order valence-corrected chi connectivity index (χ4v) is 2.34. The van der Waals surface area contributed by atoms with Crippen LogP contribution in [-0.2, 0) is 14.6 Å². The number of sulfone groups is 1. The van der Waals surface area contributed by atoms with Crippen molar-refractivity contribution in [3.05, 3.63) is 0 Å². The first-order valence-electron chi connectivity index (χ1n) is 5.79. The Morgan fingerprint density at radius 2 is 2.00 bits per heavy atom. The molecule has 3 N–H and O–H groups in total. The summed E-state index contributed by atoms with van der Waals surface area (Å²) in [6.45, 7) is 1.50. The number of rotatable bonds is 9. The second kappa shape index (κ2) is 9.03. The zero-order chi connectivity index (χ0) is 14.9. The first-order valence-corrected chi connectivity index (χ1v) is 9.00. The van der Waals surface area contributed by atoms with Crippen molar-refractivity contribution >= 4 is 33.6 Å². The first-order chi connectivity index (χ1) is 8.82. The Bertz CT molecular complexity index is 397. The zero-order valence-electron chi connectivity index (χ0n) is 11.0. The smallest absolute Gasteiger partial charge is 0.326 e. The monoisotopic (exact) mass is 312 g/mol. The molecule has 1 unspecified atom stereocenters. The molecular formula is C10H20N2O5S2. The van der Waals surface area contributed by atoms with Crippen LogP contribution >= 0.6 is 11.8 Å². The third kappa shape index (κ3) is 8.71. The molecule has 112 valence electrons. The molecule has 0 aliphatic heterocycles. The molecule has 0 aromatic heterocycles. The molecule has 0 bridgehead atoms. The van der Waals surface area contributed by atoms with Crippen LogP contribution in [0.15, 0.2) is 0 Å². The number of nitrogens with one attached hydrogen (secondary N) is 2. The van der Waals surface area contributed by atoms with E-state index in [4.69, 9.17) is 5.11 Å². The summed E-state index contributed by atoms with van der Waals surface area (Å²) >= 11 is 1.48. The highest BCUT2D eigenvalue weighted by Gasteiger charge is 2.19. The summed E-state index contributed by atoms with van der Waals surface area (Å²) in [5.41, 5.74) is 0. The van der Waals surface area contributed by atoms with Crippen LogP contribution in [0.25, 0.3) is 0 Å². The van der Waals surface area contributed by atoms with Crippen LogP contribution in [0.5, 0.6) is 0 Å². The van der Waals surface area contributed by atoms with Gasteiger partial charge in [0.15, 0.2) is 9.84 Å². The number of urea groups is 1. The minimum Gasteiger partial charge on any atom is -0.480 e. The van der Waals surface area contributed by atoms with Crippen molar-refractivity contribution in [2.75, 3.05) is 30.1 Å². The highest BCUT2D eigenvalue weighted by atomic mass is 32.2. The number of carbonyl (C=O) groups excluding carboxylic acids is 1. The van der Waals surface area contributed by atoms with Gasteiger partial charge in [-0.3, -0.25) is 0 Å². The van der Waals surface area contributed by atoms with Gasteiger partial charge in [0.05, 0.1) is 5.75 Å². The minimum atomic E-state index is -3.14. The van der Waals surface area contributed by atoms with Gasteiger partial charge in [-0.15, -0.1) is 0 Å². The average Bonchev–Trinajstić information content (AvgIpc) is 2.33. The SMILES string of the molecule is CCS(=O)(=O)CCNC(=O)NC(CCSC)C(=O)O. The van der Waals surface area contributed by atoms with Gasteiger partial charge in [-0.1, -0.05) is 6.92 Å². The Hall–Kier alpha value is -0.960. The van der Waals surface area contributed by atoms with E-state index < -0.39 is 27.9 Å². The van der Waals surface area contributed by atoms with Gasteiger partial charge in [-0.25, -0.2) is 18.0 Å². The van der Waals surface area contributed by atoms with Crippen molar-refractivity contribution < 1.29 is 23.1 Å². The fourth-order valence-electron chi connectivity index (χ4n) is 1.17. The van der Waals surface area contributed by atoms with Crippen molar-refractivity contribution in [1.82, 2.24) is 10.6 Å². The van der Waals surface area contributed by atoms with E-state index in [1.54, 1.807) is 0 Å². The van der Waals surface area contributed by atoms with Crippen LogP contribution in [-0.4, -0.2) is 61.6 Å². The van der Waals surface area contributed by atoms with Crippen LogP contribution in [0, 0.1) is 0 Å². The fraction of sp³-hybridized carbons (Fsp3) is 0.800. The highest BCUT2D eigenvalue weighted by Crippen LogP contribution is 2.00. The molecule has 0 aromatic rings. The molecule has 0 aliphatic carbocycles. The molecule has 2 amide bonds. The summed E-state index contributed by atoms with van der Waals surface area (Å²) in [4.78, 5) is 22.3. The maximum absolute atomic E-state index is 11.4. The van der Waals surface area contributed by atoms with Crippen molar-refractivity contribution in [3.8, 4) is 0 Å². The maximum Gasteiger partial charge on any atom is 0.326 e. The Morgan fingerprint density at radius 3 is 2.47 bits per heavy atom.